The lowest BCUT2D eigenvalue weighted by Crippen LogP contribution is -2.45. The second-order valence-corrected chi connectivity index (χ2v) is 9.07. The van der Waals surface area contributed by atoms with Gasteiger partial charge in [-0.1, -0.05) is 41.0 Å². The van der Waals surface area contributed by atoms with Gasteiger partial charge in [-0.25, -0.2) is 0 Å². The lowest BCUT2D eigenvalue weighted by molar-refractivity contribution is -0.159. The van der Waals surface area contributed by atoms with Crippen molar-refractivity contribution >= 4 is 5.97 Å². The molecule has 0 aromatic heterocycles. The molecule has 0 radical (unpaired) electrons. The Morgan fingerprint density at radius 3 is 2.00 bits per heavy atom. The highest BCUT2D eigenvalue weighted by atomic mass is 16.4. The van der Waals surface area contributed by atoms with Crippen LogP contribution in [0.1, 0.15) is 79.6 Å². The van der Waals surface area contributed by atoms with Crippen LogP contribution in [0, 0.1) is 34.5 Å². The van der Waals surface area contributed by atoms with Gasteiger partial charge in [0.1, 0.15) is 0 Å². The summed E-state index contributed by atoms with van der Waals surface area (Å²) < 4.78 is 0. The first-order valence-electron chi connectivity index (χ1n) is 8.90. The molecule has 0 aliphatic heterocycles. The maximum atomic E-state index is 12.1. The summed E-state index contributed by atoms with van der Waals surface area (Å²) in [5.41, 5.74) is -0.102. The van der Waals surface area contributed by atoms with E-state index in [1.165, 1.54) is 6.42 Å². The van der Waals surface area contributed by atoms with Crippen molar-refractivity contribution in [2.24, 2.45) is 34.5 Å². The Hall–Kier alpha value is -0.530. The number of carbonyl (C=O) groups is 1. The summed E-state index contributed by atoms with van der Waals surface area (Å²) in [4.78, 5) is 12.1. The van der Waals surface area contributed by atoms with Gasteiger partial charge in [0, 0.05) is 0 Å². The number of rotatable bonds is 2. The first-order chi connectivity index (χ1) is 9.67. The Kier molecular flexibility index (Phi) is 4.75. The van der Waals surface area contributed by atoms with Crippen molar-refractivity contribution in [3.8, 4) is 0 Å². The van der Waals surface area contributed by atoms with Gasteiger partial charge in [0.25, 0.3) is 0 Å². The van der Waals surface area contributed by atoms with Crippen molar-refractivity contribution in [1.29, 1.82) is 0 Å². The van der Waals surface area contributed by atoms with Crippen LogP contribution in [0.25, 0.3) is 0 Å². The van der Waals surface area contributed by atoms with E-state index >= 15 is 0 Å². The zero-order valence-electron chi connectivity index (χ0n) is 14.6. The molecule has 3 atom stereocenters. The van der Waals surface area contributed by atoms with E-state index in [2.05, 4.69) is 34.6 Å². The molecule has 2 nitrogen and oxygen atoms in total. The molecule has 0 spiro atoms. The highest BCUT2D eigenvalue weighted by molar-refractivity contribution is 5.75. The molecule has 0 heterocycles. The number of hydrogen-bond donors (Lipinski definition) is 1. The summed E-state index contributed by atoms with van der Waals surface area (Å²) in [5.74, 6) is 2.02. The standard InChI is InChI=1S/C19H34O2/c1-13-6-7-16(12-14(13)2)19(17(20)21)10-8-15(9-11-19)18(3,4)5/h13-16H,6-12H2,1-5H3,(H,20,21). The van der Waals surface area contributed by atoms with Gasteiger partial charge in [-0.2, -0.15) is 0 Å². The lowest BCUT2D eigenvalue weighted by Gasteiger charge is -2.48. The van der Waals surface area contributed by atoms with Crippen LogP contribution in [-0.4, -0.2) is 11.1 Å². The molecule has 0 aromatic carbocycles. The third-order valence-electron chi connectivity index (χ3n) is 6.91. The summed E-state index contributed by atoms with van der Waals surface area (Å²) in [6.45, 7) is 11.5. The SMILES string of the molecule is CC1CCC(C2(C(=O)O)CCC(C(C)(C)C)CC2)CC1C. The lowest BCUT2D eigenvalue weighted by atomic mass is 9.56. The van der Waals surface area contributed by atoms with Gasteiger partial charge in [-0.15, -0.1) is 0 Å². The molecule has 3 unspecified atom stereocenters. The molecule has 2 aliphatic carbocycles. The fraction of sp³-hybridized carbons (Fsp3) is 0.947. The van der Waals surface area contributed by atoms with Crippen molar-refractivity contribution in [3.63, 3.8) is 0 Å². The molecule has 1 N–H and O–H groups in total. The van der Waals surface area contributed by atoms with Gasteiger partial charge in [0.15, 0.2) is 0 Å². The van der Waals surface area contributed by atoms with Crippen LogP contribution in [0.3, 0.4) is 0 Å². The van der Waals surface area contributed by atoms with Gasteiger partial charge in [-0.3, -0.25) is 4.79 Å². The molecule has 2 rings (SSSR count). The molecule has 2 aliphatic rings. The maximum Gasteiger partial charge on any atom is 0.309 e. The topological polar surface area (TPSA) is 37.3 Å². The van der Waals surface area contributed by atoms with E-state index in [1.807, 2.05) is 0 Å². The van der Waals surface area contributed by atoms with Crippen molar-refractivity contribution in [2.75, 3.05) is 0 Å². The highest BCUT2D eigenvalue weighted by Gasteiger charge is 2.50. The normalized spacial score (nSPS) is 41.8. The van der Waals surface area contributed by atoms with E-state index in [9.17, 15) is 9.90 Å². The van der Waals surface area contributed by atoms with E-state index in [0.717, 1.165) is 44.4 Å². The van der Waals surface area contributed by atoms with E-state index in [-0.39, 0.29) is 0 Å². The van der Waals surface area contributed by atoms with Gasteiger partial charge < -0.3 is 5.11 Å². The smallest absolute Gasteiger partial charge is 0.309 e. The van der Waals surface area contributed by atoms with Gasteiger partial charge in [-0.05, 0) is 67.6 Å². The summed E-state index contributed by atoms with van der Waals surface area (Å²) in [7, 11) is 0. The first kappa shape index (κ1) is 16.8. The van der Waals surface area contributed by atoms with Crippen molar-refractivity contribution in [2.45, 2.75) is 79.6 Å². The summed E-state index contributed by atoms with van der Waals surface area (Å²) >= 11 is 0. The van der Waals surface area contributed by atoms with Gasteiger partial charge >= 0.3 is 5.97 Å². The molecular weight excluding hydrogens is 260 g/mol. The zero-order valence-corrected chi connectivity index (χ0v) is 14.6. The maximum absolute atomic E-state index is 12.1. The molecule has 2 saturated carbocycles. The summed E-state index contributed by atoms with van der Waals surface area (Å²) in [5, 5.41) is 9.98. The van der Waals surface area contributed by atoms with E-state index < -0.39 is 11.4 Å². The number of carboxylic acids is 1. The van der Waals surface area contributed by atoms with Crippen molar-refractivity contribution < 1.29 is 9.90 Å². The number of hydrogen-bond acceptors (Lipinski definition) is 1. The average Bonchev–Trinajstić information content (AvgIpc) is 2.40. The second-order valence-electron chi connectivity index (χ2n) is 9.07. The molecule has 122 valence electrons. The Labute approximate surface area is 130 Å². The molecule has 2 fully saturated rings. The zero-order chi connectivity index (χ0) is 15.8. The molecule has 0 amide bonds. The Balaban J connectivity index is 2.11. The van der Waals surface area contributed by atoms with E-state index in [0.29, 0.717) is 23.2 Å². The monoisotopic (exact) mass is 294 g/mol. The Morgan fingerprint density at radius 1 is 1.00 bits per heavy atom. The highest BCUT2D eigenvalue weighted by Crippen LogP contribution is 2.53. The van der Waals surface area contributed by atoms with Crippen LogP contribution in [0.2, 0.25) is 0 Å². The van der Waals surface area contributed by atoms with Crippen LogP contribution in [0.15, 0.2) is 0 Å². The van der Waals surface area contributed by atoms with Gasteiger partial charge in [0.2, 0.25) is 0 Å². The minimum atomic E-state index is -0.512. The molecular formula is C19H34O2. The molecule has 21 heavy (non-hydrogen) atoms. The minimum absolute atomic E-state index is 0.318. The van der Waals surface area contributed by atoms with Crippen LogP contribution in [0.4, 0.5) is 0 Å². The third-order valence-corrected chi connectivity index (χ3v) is 6.91. The van der Waals surface area contributed by atoms with Gasteiger partial charge in [0.05, 0.1) is 5.41 Å². The molecule has 2 heteroatoms. The van der Waals surface area contributed by atoms with Crippen molar-refractivity contribution in [3.05, 3.63) is 0 Å². The largest absolute Gasteiger partial charge is 0.481 e. The predicted molar refractivity (Wildman–Crippen MR) is 87.2 cm³/mol. The Bertz CT molecular complexity index is 372. The third kappa shape index (κ3) is 3.29. The number of aliphatic carboxylic acids is 1. The average molecular weight is 294 g/mol. The number of carboxylic acid groups (broad SMARTS) is 1. The molecule has 0 aromatic rings. The summed E-state index contributed by atoms with van der Waals surface area (Å²) in [6.07, 6.45) is 7.44. The minimum Gasteiger partial charge on any atom is -0.481 e. The molecule has 0 saturated heterocycles. The fourth-order valence-corrected chi connectivity index (χ4v) is 4.85. The van der Waals surface area contributed by atoms with Crippen LogP contribution in [-0.2, 0) is 4.79 Å². The predicted octanol–water partition coefficient (Wildman–Crippen LogP) is 5.37. The van der Waals surface area contributed by atoms with Crippen molar-refractivity contribution in [1.82, 2.24) is 0 Å². The van der Waals surface area contributed by atoms with Crippen LogP contribution < -0.4 is 0 Å². The second kappa shape index (κ2) is 5.93. The molecule has 0 bridgehead atoms. The van der Waals surface area contributed by atoms with Crippen LogP contribution >= 0.6 is 0 Å². The Morgan fingerprint density at radius 2 is 1.57 bits per heavy atom. The summed E-state index contributed by atoms with van der Waals surface area (Å²) in [6, 6.07) is 0. The first-order valence-corrected chi connectivity index (χ1v) is 8.90. The fourth-order valence-electron chi connectivity index (χ4n) is 4.85. The van der Waals surface area contributed by atoms with E-state index in [1.54, 1.807) is 0 Å². The van der Waals surface area contributed by atoms with Crippen LogP contribution in [0.5, 0.6) is 0 Å². The quantitative estimate of drug-likeness (QED) is 0.743. The van der Waals surface area contributed by atoms with E-state index in [4.69, 9.17) is 0 Å².